The molecule has 0 fully saturated rings. The molecule has 0 bridgehead atoms. The van der Waals surface area contributed by atoms with E-state index < -0.39 is 4.92 Å². The fraction of sp³-hybridized carbons (Fsp3) is 0.300. The number of hydrogen-bond acceptors (Lipinski definition) is 5. The Balaban J connectivity index is 1.73. The molecular formula is C20H23N3O4. The van der Waals surface area contributed by atoms with E-state index in [-0.39, 0.29) is 18.2 Å². The number of aryl methyl sites for hydroxylation is 1. The van der Waals surface area contributed by atoms with Crippen LogP contribution < -0.4 is 10.2 Å². The predicted octanol–water partition coefficient (Wildman–Crippen LogP) is 3.86. The number of nitrogens with one attached hydrogen (secondary N) is 1. The van der Waals surface area contributed by atoms with Crippen LogP contribution in [0.2, 0.25) is 0 Å². The van der Waals surface area contributed by atoms with E-state index in [9.17, 15) is 14.9 Å². The van der Waals surface area contributed by atoms with Crippen molar-refractivity contribution in [1.29, 1.82) is 0 Å². The SMILES string of the molecule is CCCCCc1ccc(OCC(=O)NN=Cc2ccc([N+](=O)[O-])cc2)cc1. The fourth-order valence-corrected chi connectivity index (χ4v) is 2.37. The lowest BCUT2D eigenvalue weighted by molar-refractivity contribution is -0.384. The van der Waals surface area contributed by atoms with E-state index in [0.29, 0.717) is 11.3 Å². The molecule has 1 amide bonds. The molecule has 0 unspecified atom stereocenters. The van der Waals surface area contributed by atoms with Crippen molar-refractivity contribution in [3.05, 3.63) is 69.8 Å². The summed E-state index contributed by atoms with van der Waals surface area (Å²) in [6.07, 6.45) is 6.05. The second-order valence-corrected chi connectivity index (χ2v) is 6.03. The zero-order valence-corrected chi connectivity index (χ0v) is 15.3. The van der Waals surface area contributed by atoms with Crippen LogP contribution in [0.25, 0.3) is 0 Å². The van der Waals surface area contributed by atoms with E-state index in [1.54, 1.807) is 12.1 Å². The van der Waals surface area contributed by atoms with Gasteiger partial charge in [0.25, 0.3) is 11.6 Å². The van der Waals surface area contributed by atoms with Crippen LogP contribution >= 0.6 is 0 Å². The molecule has 0 radical (unpaired) electrons. The van der Waals surface area contributed by atoms with Crippen LogP contribution in [0.4, 0.5) is 5.69 Å². The van der Waals surface area contributed by atoms with Crippen molar-refractivity contribution in [2.24, 2.45) is 5.10 Å². The highest BCUT2D eigenvalue weighted by Crippen LogP contribution is 2.14. The molecule has 0 atom stereocenters. The van der Waals surface area contributed by atoms with Gasteiger partial charge in [-0.1, -0.05) is 31.9 Å². The molecule has 0 heterocycles. The quantitative estimate of drug-likeness (QED) is 0.298. The third kappa shape index (κ3) is 7.27. The second-order valence-electron chi connectivity index (χ2n) is 6.03. The van der Waals surface area contributed by atoms with E-state index >= 15 is 0 Å². The van der Waals surface area contributed by atoms with Gasteiger partial charge >= 0.3 is 0 Å². The maximum Gasteiger partial charge on any atom is 0.277 e. The summed E-state index contributed by atoms with van der Waals surface area (Å²) in [6, 6.07) is 13.6. The zero-order valence-electron chi connectivity index (χ0n) is 15.3. The first-order valence-corrected chi connectivity index (χ1v) is 8.86. The lowest BCUT2D eigenvalue weighted by Gasteiger charge is -2.06. The molecule has 7 heteroatoms. The largest absolute Gasteiger partial charge is 0.484 e. The van der Waals surface area contributed by atoms with Crippen LogP contribution in [0.1, 0.15) is 37.3 Å². The van der Waals surface area contributed by atoms with Crippen LogP contribution in [-0.4, -0.2) is 23.7 Å². The Labute approximate surface area is 158 Å². The number of nitro groups is 1. The van der Waals surface area contributed by atoms with Gasteiger partial charge in [-0.15, -0.1) is 0 Å². The van der Waals surface area contributed by atoms with E-state index in [0.717, 1.165) is 6.42 Å². The topological polar surface area (TPSA) is 93.8 Å². The molecule has 0 aromatic heterocycles. The Hall–Kier alpha value is -3.22. The summed E-state index contributed by atoms with van der Waals surface area (Å²) < 4.78 is 5.43. The molecule has 27 heavy (non-hydrogen) atoms. The van der Waals surface area contributed by atoms with E-state index in [1.165, 1.54) is 43.2 Å². The fourth-order valence-electron chi connectivity index (χ4n) is 2.37. The summed E-state index contributed by atoms with van der Waals surface area (Å²) in [6.45, 7) is 2.03. The summed E-state index contributed by atoms with van der Waals surface area (Å²) in [4.78, 5) is 21.9. The number of benzene rings is 2. The van der Waals surface area contributed by atoms with Crippen LogP contribution in [0.15, 0.2) is 53.6 Å². The molecule has 0 saturated heterocycles. The highest BCUT2D eigenvalue weighted by atomic mass is 16.6. The average molecular weight is 369 g/mol. The number of hydrogen-bond donors (Lipinski definition) is 1. The summed E-state index contributed by atoms with van der Waals surface area (Å²) in [5, 5.41) is 14.4. The monoisotopic (exact) mass is 369 g/mol. The van der Waals surface area contributed by atoms with Crippen LogP contribution in [0, 0.1) is 10.1 Å². The summed E-state index contributed by atoms with van der Waals surface area (Å²) in [5.74, 6) is 0.240. The first-order chi connectivity index (χ1) is 13.1. The smallest absolute Gasteiger partial charge is 0.277 e. The van der Waals surface area contributed by atoms with Crippen molar-refractivity contribution in [1.82, 2.24) is 5.43 Å². The number of carbonyl (C=O) groups is 1. The molecule has 0 spiro atoms. The van der Waals surface area contributed by atoms with Crippen LogP contribution in [-0.2, 0) is 11.2 Å². The Morgan fingerprint density at radius 1 is 1.15 bits per heavy atom. The summed E-state index contributed by atoms with van der Waals surface area (Å²) in [5.41, 5.74) is 4.25. The third-order valence-corrected chi connectivity index (χ3v) is 3.87. The number of carbonyl (C=O) groups excluding carboxylic acids is 1. The number of rotatable bonds is 10. The standard InChI is InChI=1S/C20H23N3O4/c1-2-3-4-5-16-8-12-19(13-9-16)27-15-20(24)22-21-14-17-6-10-18(11-7-17)23(25)26/h6-14H,2-5,15H2,1H3,(H,22,24). The predicted molar refractivity (Wildman–Crippen MR) is 104 cm³/mol. The summed E-state index contributed by atoms with van der Waals surface area (Å²) >= 11 is 0. The van der Waals surface area contributed by atoms with Crippen molar-refractivity contribution in [3.63, 3.8) is 0 Å². The molecule has 2 aromatic carbocycles. The minimum absolute atomic E-state index is 0.000896. The molecule has 2 aromatic rings. The highest BCUT2D eigenvalue weighted by Gasteiger charge is 2.04. The molecule has 0 aliphatic heterocycles. The van der Waals surface area contributed by atoms with E-state index in [1.807, 2.05) is 24.3 Å². The number of non-ortho nitro benzene ring substituents is 1. The van der Waals surface area contributed by atoms with Crippen molar-refractivity contribution in [2.75, 3.05) is 6.61 Å². The minimum atomic E-state index is -0.474. The van der Waals surface area contributed by atoms with Crippen molar-refractivity contribution in [2.45, 2.75) is 32.6 Å². The van der Waals surface area contributed by atoms with Gasteiger partial charge < -0.3 is 4.74 Å². The Kier molecular flexibility index (Phi) is 7.96. The van der Waals surface area contributed by atoms with Crippen LogP contribution in [0.5, 0.6) is 5.75 Å². The average Bonchev–Trinajstić information content (AvgIpc) is 2.68. The molecular weight excluding hydrogens is 346 g/mol. The van der Waals surface area contributed by atoms with Gasteiger partial charge in [0.05, 0.1) is 11.1 Å². The maximum atomic E-state index is 11.8. The summed E-state index contributed by atoms with van der Waals surface area (Å²) in [7, 11) is 0. The van der Waals surface area contributed by atoms with Gasteiger partial charge in [-0.05, 0) is 48.2 Å². The molecule has 7 nitrogen and oxygen atoms in total. The first-order valence-electron chi connectivity index (χ1n) is 8.86. The number of ether oxygens (including phenoxy) is 1. The van der Waals surface area contributed by atoms with Gasteiger partial charge in [-0.3, -0.25) is 14.9 Å². The van der Waals surface area contributed by atoms with Crippen LogP contribution in [0.3, 0.4) is 0 Å². The molecule has 0 aliphatic carbocycles. The van der Waals surface area contributed by atoms with Crippen molar-refractivity contribution >= 4 is 17.8 Å². The molecule has 142 valence electrons. The van der Waals surface area contributed by atoms with Gasteiger partial charge in [0.15, 0.2) is 6.61 Å². The highest BCUT2D eigenvalue weighted by molar-refractivity contribution is 5.83. The van der Waals surface area contributed by atoms with Gasteiger partial charge in [0.2, 0.25) is 0 Å². The number of hydrazone groups is 1. The Morgan fingerprint density at radius 3 is 2.48 bits per heavy atom. The normalized spacial score (nSPS) is 10.7. The van der Waals surface area contributed by atoms with Gasteiger partial charge in [-0.2, -0.15) is 5.10 Å². The van der Waals surface area contributed by atoms with Crippen molar-refractivity contribution < 1.29 is 14.5 Å². The second kappa shape index (κ2) is 10.7. The Morgan fingerprint density at radius 2 is 1.85 bits per heavy atom. The Bertz CT molecular complexity index is 771. The van der Waals surface area contributed by atoms with Gasteiger partial charge in [0.1, 0.15) is 5.75 Å². The number of unbranched alkanes of at least 4 members (excludes halogenated alkanes) is 2. The number of nitrogens with zero attached hydrogens (tertiary/aromatic N) is 2. The van der Waals surface area contributed by atoms with E-state index in [2.05, 4.69) is 17.5 Å². The van der Waals surface area contributed by atoms with Gasteiger partial charge in [0, 0.05) is 12.1 Å². The zero-order chi connectivity index (χ0) is 19.5. The van der Waals surface area contributed by atoms with Gasteiger partial charge in [-0.25, -0.2) is 5.43 Å². The molecule has 0 saturated carbocycles. The maximum absolute atomic E-state index is 11.8. The molecule has 0 aliphatic rings. The minimum Gasteiger partial charge on any atom is -0.484 e. The number of amides is 1. The van der Waals surface area contributed by atoms with E-state index in [4.69, 9.17) is 4.74 Å². The molecule has 2 rings (SSSR count). The van der Waals surface area contributed by atoms with Crippen molar-refractivity contribution in [3.8, 4) is 5.75 Å². The third-order valence-electron chi connectivity index (χ3n) is 3.87. The first kappa shape index (κ1) is 20.1. The lowest BCUT2D eigenvalue weighted by Crippen LogP contribution is -2.24. The molecule has 1 N–H and O–H groups in total. The number of nitro benzene ring substituents is 1. The lowest BCUT2D eigenvalue weighted by atomic mass is 10.1.